The van der Waals surface area contributed by atoms with Crippen molar-refractivity contribution in [2.75, 3.05) is 0 Å². The van der Waals surface area contributed by atoms with E-state index in [2.05, 4.69) is 15.2 Å². The number of carbonyl (C=O) groups is 1. The van der Waals surface area contributed by atoms with Gasteiger partial charge in [-0.3, -0.25) is 9.89 Å². The van der Waals surface area contributed by atoms with Crippen LogP contribution in [0.2, 0.25) is 0 Å². The topological polar surface area (TPSA) is 58.6 Å². The largest absolute Gasteiger partial charge is 0.293 e. The van der Waals surface area contributed by atoms with Crippen molar-refractivity contribution < 1.29 is 13.6 Å². The number of hydrogen-bond donors (Lipinski definition) is 1. The van der Waals surface area contributed by atoms with Crippen LogP contribution in [-0.4, -0.2) is 26.2 Å². The van der Waals surface area contributed by atoms with Gasteiger partial charge in [0.05, 0.1) is 5.25 Å². The van der Waals surface area contributed by atoms with Crippen LogP contribution in [0.15, 0.2) is 23.4 Å². The van der Waals surface area contributed by atoms with Crippen LogP contribution in [0.3, 0.4) is 0 Å². The Morgan fingerprint density at radius 2 is 1.95 bits per heavy atom. The second kappa shape index (κ2) is 6.34. The minimum absolute atomic E-state index is 0.133. The zero-order valence-electron chi connectivity index (χ0n) is 11.9. The lowest BCUT2D eigenvalue weighted by atomic mass is 10.1. The molecule has 0 unspecified atom stereocenters. The Morgan fingerprint density at radius 1 is 1.24 bits per heavy atom. The third kappa shape index (κ3) is 3.66. The van der Waals surface area contributed by atoms with Crippen molar-refractivity contribution in [3.05, 3.63) is 41.2 Å². The lowest BCUT2D eigenvalue weighted by Gasteiger charge is -2.08. The first-order valence-electron chi connectivity index (χ1n) is 6.46. The molecule has 1 heterocycles. The number of thioether (sulfide) groups is 1. The van der Waals surface area contributed by atoms with E-state index in [-0.39, 0.29) is 17.3 Å². The fraction of sp³-hybridized carbons (Fsp3) is 0.357. The summed E-state index contributed by atoms with van der Waals surface area (Å²) < 4.78 is 26.0. The molecule has 112 valence electrons. The van der Waals surface area contributed by atoms with Crippen LogP contribution in [0.4, 0.5) is 8.78 Å². The van der Waals surface area contributed by atoms with Crippen LogP contribution in [0.1, 0.15) is 42.9 Å². The molecular formula is C14H15F2N3OS. The van der Waals surface area contributed by atoms with Crippen molar-refractivity contribution >= 4 is 17.5 Å². The molecule has 4 nitrogen and oxygen atoms in total. The molecule has 0 aliphatic carbocycles. The maximum Gasteiger partial charge on any atom is 0.209 e. The highest BCUT2D eigenvalue weighted by Crippen LogP contribution is 2.24. The molecule has 2 aromatic rings. The van der Waals surface area contributed by atoms with Gasteiger partial charge in [0.2, 0.25) is 5.16 Å². The maximum absolute atomic E-state index is 13.2. The first-order valence-corrected chi connectivity index (χ1v) is 7.34. The third-order valence-corrected chi connectivity index (χ3v) is 3.85. The van der Waals surface area contributed by atoms with E-state index in [1.54, 1.807) is 6.92 Å². The third-order valence-electron chi connectivity index (χ3n) is 2.88. The fourth-order valence-corrected chi connectivity index (χ4v) is 2.47. The van der Waals surface area contributed by atoms with E-state index in [1.807, 2.05) is 13.8 Å². The molecule has 0 saturated carbocycles. The maximum atomic E-state index is 13.2. The zero-order valence-corrected chi connectivity index (χ0v) is 12.7. The lowest BCUT2D eigenvalue weighted by molar-refractivity contribution is 0.0993. The first kappa shape index (κ1) is 15.6. The van der Waals surface area contributed by atoms with Crippen LogP contribution in [0, 0.1) is 11.6 Å². The van der Waals surface area contributed by atoms with E-state index in [0.29, 0.717) is 5.16 Å². The summed E-state index contributed by atoms with van der Waals surface area (Å²) >= 11 is 1.18. The summed E-state index contributed by atoms with van der Waals surface area (Å²) in [5.74, 6) is -1.34. The normalized spacial score (nSPS) is 12.7. The molecule has 0 aliphatic rings. The summed E-state index contributed by atoms with van der Waals surface area (Å²) in [6.45, 7) is 5.63. The van der Waals surface area contributed by atoms with Crippen molar-refractivity contribution in [1.82, 2.24) is 15.2 Å². The van der Waals surface area contributed by atoms with Crippen molar-refractivity contribution in [3.8, 4) is 0 Å². The molecule has 2 rings (SSSR count). The van der Waals surface area contributed by atoms with Crippen LogP contribution in [0.25, 0.3) is 0 Å². The molecule has 0 saturated heterocycles. The second-order valence-corrected chi connectivity index (χ2v) is 6.22. The van der Waals surface area contributed by atoms with Gasteiger partial charge >= 0.3 is 0 Å². The molecule has 0 fully saturated rings. The van der Waals surface area contributed by atoms with Crippen molar-refractivity contribution in [3.63, 3.8) is 0 Å². The summed E-state index contributed by atoms with van der Waals surface area (Å²) in [4.78, 5) is 16.4. The van der Waals surface area contributed by atoms with Gasteiger partial charge in [0.1, 0.15) is 5.82 Å². The van der Waals surface area contributed by atoms with Crippen molar-refractivity contribution in [2.45, 2.75) is 37.1 Å². The summed E-state index contributed by atoms with van der Waals surface area (Å²) in [5, 5.41) is 6.79. The highest BCUT2D eigenvalue weighted by molar-refractivity contribution is 8.00. The Morgan fingerprint density at radius 3 is 2.52 bits per heavy atom. The number of aromatic amines is 1. The number of rotatable bonds is 5. The number of nitrogens with one attached hydrogen (secondary N) is 1. The summed E-state index contributed by atoms with van der Waals surface area (Å²) in [7, 11) is 0. The van der Waals surface area contributed by atoms with E-state index in [9.17, 15) is 13.6 Å². The van der Waals surface area contributed by atoms with Gasteiger partial charge in [0.15, 0.2) is 17.4 Å². The van der Waals surface area contributed by atoms with E-state index in [0.717, 1.165) is 18.0 Å². The Kier molecular flexibility index (Phi) is 4.72. The molecule has 0 amide bonds. The number of H-pyrrole nitrogens is 1. The number of ketones is 1. The molecule has 1 N–H and O–H groups in total. The fourth-order valence-electron chi connectivity index (χ4n) is 1.66. The van der Waals surface area contributed by atoms with Crippen LogP contribution < -0.4 is 0 Å². The standard InChI is InChI=1S/C14H15F2N3OS/c1-7(2)13-17-14(19-18-13)21-8(3)12(20)9-4-5-10(15)11(16)6-9/h4-8H,1-3H3,(H,17,18,19)/t8-/m0/s1. The molecule has 1 aromatic carbocycles. The Bertz CT molecular complexity index is 657. The van der Waals surface area contributed by atoms with E-state index in [1.165, 1.54) is 17.8 Å². The van der Waals surface area contributed by atoms with Gasteiger partial charge in [-0.15, -0.1) is 5.10 Å². The number of carbonyl (C=O) groups excluding carboxylic acids is 1. The molecule has 0 radical (unpaired) electrons. The van der Waals surface area contributed by atoms with Gasteiger partial charge in [0, 0.05) is 11.5 Å². The highest BCUT2D eigenvalue weighted by Gasteiger charge is 2.20. The molecule has 7 heteroatoms. The Balaban J connectivity index is 2.09. The van der Waals surface area contributed by atoms with Gasteiger partial charge in [-0.1, -0.05) is 25.6 Å². The van der Waals surface area contributed by atoms with E-state index >= 15 is 0 Å². The lowest BCUT2D eigenvalue weighted by Crippen LogP contribution is -2.14. The SMILES string of the molecule is CC(C)c1nc(S[C@@H](C)C(=O)c2ccc(F)c(F)c2)n[nH]1. The smallest absolute Gasteiger partial charge is 0.209 e. The van der Waals surface area contributed by atoms with Gasteiger partial charge in [-0.2, -0.15) is 0 Å². The highest BCUT2D eigenvalue weighted by atomic mass is 32.2. The van der Waals surface area contributed by atoms with Gasteiger partial charge in [-0.05, 0) is 25.1 Å². The van der Waals surface area contributed by atoms with Crippen LogP contribution in [-0.2, 0) is 0 Å². The molecule has 1 aromatic heterocycles. The summed E-state index contributed by atoms with van der Waals surface area (Å²) in [6, 6.07) is 3.13. The molecular weight excluding hydrogens is 296 g/mol. The van der Waals surface area contributed by atoms with E-state index in [4.69, 9.17) is 0 Å². The number of nitrogens with zero attached hydrogens (tertiary/aromatic N) is 2. The monoisotopic (exact) mass is 311 g/mol. The number of Topliss-reactive ketones (excluding diaryl/α,β-unsaturated/α-hetero) is 1. The van der Waals surface area contributed by atoms with Crippen molar-refractivity contribution in [2.24, 2.45) is 0 Å². The molecule has 0 spiro atoms. The second-order valence-electron chi connectivity index (χ2n) is 4.91. The minimum atomic E-state index is -1.03. The molecule has 0 bridgehead atoms. The van der Waals surface area contributed by atoms with Gasteiger partial charge in [-0.25, -0.2) is 13.8 Å². The Hall–Kier alpha value is -1.76. The van der Waals surface area contributed by atoms with Gasteiger partial charge < -0.3 is 0 Å². The average molecular weight is 311 g/mol. The molecule has 21 heavy (non-hydrogen) atoms. The summed E-state index contributed by atoms with van der Waals surface area (Å²) in [6.07, 6.45) is 0. The van der Waals surface area contributed by atoms with Crippen molar-refractivity contribution in [1.29, 1.82) is 0 Å². The average Bonchev–Trinajstić information content (AvgIpc) is 2.89. The minimum Gasteiger partial charge on any atom is -0.293 e. The Labute approximate surface area is 125 Å². The number of hydrogen-bond acceptors (Lipinski definition) is 4. The number of aromatic nitrogens is 3. The molecule has 0 aliphatic heterocycles. The number of halogens is 2. The predicted molar refractivity (Wildman–Crippen MR) is 76.5 cm³/mol. The predicted octanol–water partition coefficient (Wildman–Crippen LogP) is 3.57. The van der Waals surface area contributed by atoms with Crippen LogP contribution in [0.5, 0.6) is 0 Å². The zero-order chi connectivity index (χ0) is 15.6. The number of benzene rings is 1. The van der Waals surface area contributed by atoms with Crippen LogP contribution >= 0.6 is 11.8 Å². The quantitative estimate of drug-likeness (QED) is 0.677. The summed E-state index contributed by atoms with van der Waals surface area (Å²) in [5.41, 5.74) is 0.133. The van der Waals surface area contributed by atoms with E-state index < -0.39 is 16.9 Å². The van der Waals surface area contributed by atoms with Gasteiger partial charge in [0.25, 0.3) is 0 Å². The first-order chi connectivity index (χ1) is 9.88. The molecule has 1 atom stereocenters.